The van der Waals surface area contributed by atoms with Gasteiger partial charge in [0, 0.05) is 5.92 Å². The molecule has 1 saturated heterocycles. The Morgan fingerprint density at radius 1 is 1.23 bits per heavy atom. The van der Waals surface area contributed by atoms with Gasteiger partial charge in [-0.1, -0.05) is 37.3 Å². The minimum atomic E-state index is -1.64. The third-order valence-electron chi connectivity index (χ3n) is 4.29. The summed E-state index contributed by atoms with van der Waals surface area (Å²) < 4.78 is 11.8. The monoisotopic (exact) mass is 320 g/mol. The van der Waals surface area contributed by atoms with Crippen LogP contribution in [0.4, 0.5) is 0 Å². The molecule has 4 heteroatoms. The van der Waals surface area contributed by atoms with Crippen LogP contribution in [0.3, 0.4) is 0 Å². The number of hydrogen-bond donors (Lipinski definition) is 0. The van der Waals surface area contributed by atoms with E-state index < -0.39 is 8.32 Å². The largest absolute Gasteiger partial charge is 0.461 e. The molecule has 0 radical (unpaired) electrons. The van der Waals surface area contributed by atoms with Crippen LogP contribution >= 0.6 is 0 Å². The number of rotatable bonds is 7. The molecule has 0 saturated carbocycles. The molecule has 0 N–H and O–H groups in total. The normalized spacial score (nSPS) is 24.3. The summed E-state index contributed by atoms with van der Waals surface area (Å²) in [4.78, 5) is 11.4. The fraction of sp³-hybridized carbons (Fsp3) is 0.611. The number of carbonyl (C=O) groups is 1. The molecule has 2 rings (SSSR count). The second-order valence-electron chi connectivity index (χ2n) is 7.34. The molecular weight excluding hydrogens is 292 g/mol. The van der Waals surface area contributed by atoms with Crippen LogP contribution in [0.1, 0.15) is 25.8 Å². The number of ether oxygens (including phenoxy) is 1. The van der Waals surface area contributed by atoms with Crippen LogP contribution < -0.4 is 0 Å². The van der Waals surface area contributed by atoms with Crippen molar-refractivity contribution in [3.63, 3.8) is 0 Å². The Labute approximate surface area is 135 Å². The molecule has 1 aliphatic heterocycles. The third-order valence-corrected chi connectivity index (χ3v) is 5.30. The SMILES string of the molecule is C[C@@H]([C@H]1OC(=O)[C@@H]1C)[C@H](CCc1ccccc1)O[Si](C)(C)C. The van der Waals surface area contributed by atoms with Crippen molar-refractivity contribution in [1.82, 2.24) is 0 Å². The Morgan fingerprint density at radius 3 is 2.36 bits per heavy atom. The van der Waals surface area contributed by atoms with E-state index in [9.17, 15) is 4.79 Å². The van der Waals surface area contributed by atoms with Crippen molar-refractivity contribution >= 4 is 14.3 Å². The van der Waals surface area contributed by atoms with Crippen LogP contribution in [0.25, 0.3) is 0 Å². The van der Waals surface area contributed by atoms with E-state index in [2.05, 4.69) is 50.8 Å². The highest BCUT2D eigenvalue weighted by Crippen LogP contribution is 2.33. The van der Waals surface area contributed by atoms with E-state index in [0.29, 0.717) is 0 Å². The first-order valence-corrected chi connectivity index (χ1v) is 11.6. The molecule has 0 amide bonds. The fourth-order valence-electron chi connectivity index (χ4n) is 3.02. The summed E-state index contributed by atoms with van der Waals surface area (Å²) in [6, 6.07) is 10.5. The summed E-state index contributed by atoms with van der Waals surface area (Å²) in [5.74, 6) is 0.161. The van der Waals surface area contributed by atoms with E-state index in [1.54, 1.807) is 0 Å². The molecule has 1 aromatic carbocycles. The second kappa shape index (κ2) is 6.96. The zero-order valence-corrected chi connectivity index (χ0v) is 15.3. The maximum absolute atomic E-state index is 11.4. The van der Waals surface area contributed by atoms with E-state index >= 15 is 0 Å². The van der Waals surface area contributed by atoms with Crippen molar-refractivity contribution < 1.29 is 14.0 Å². The molecule has 0 unspecified atom stereocenters. The van der Waals surface area contributed by atoms with Crippen LogP contribution in [-0.2, 0) is 20.4 Å². The van der Waals surface area contributed by atoms with Gasteiger partial charge in [0.25, 0.3) is 0 Å². The van der Waals surface area contributed by atoms with Crippen molar-refractivity contribution in [3.05, 3.63) is 35.9 Å². The van der Waals surface area contributed by atoms with Gasteiger partial charge in [-0.15, -0.1) is 0 Å². The summed E-state index contributed by atoms with van der Waals surface area (Å²) in [5, 5.41) is 0. The van der Waals surface area contributed by atoms with Gasteiger partial charge < -0.3 is 9.16 Å². The molecule has 0 spiro atoms. The molecule has 3 nitrogen and oxygen atoms in total. The zero-order valence-electron chi connectivity index (χ0n) is 14.3. The molecule has 1 aliphatic rings. The summed E-state index contributed by atoms with van der Waals surface area (Å²) >= 11 is 0. The standard InChI is InChI=1S/C18H28O3Si/c1-13(17-14(2)18(19)20-17)16(21-22(3,4)5)12-11-15-9-7-6-8-10-15/h6-10,13-14,16-17H,11-12H2,1-5H3/t13-,14-,16+,17-/m1/s1. The Bertz CT molecular complexity index is 495. The molecule has 122 valence electrons. The van der Waals surface area contributed by atoms with E-state index in [4.69, 9.17) is 9.16 Å². The van der Waals surface area contributed by atoms with E-state index in [1.807, 2.05) is 13.0 Å². The average molecular weight is 321 g/mol. The Balaban J connectivity index is 2.01. The molecule has 1 fully saturated rings. The molecule has 22 heavy (non-hydrogen) atoms. The van der Waals surface area contributed by atoms with Gasteiger partial charge >= 0.3 is 5.97 Å². The van der Waals surface area contributed by atoms with Gasteiger partial charge in [0.2, 0.25) is 0 Å². The summed E-state index contributed by atoms with van der Waals surface area (Å²) in [7, 11) is -1.64. The van der Waals surface area contributed by atoms with Gasteiger partial charge in [0.15, 0.2) is 8.32 Å². The fourth-order valence-corrected chi connectivity index (χ4v) is 4.26. The number of carbonyl (C=O) groups excluding carboxylic acids is 1. The van der Waals surface area contributed by atoms with Crippen LogP contribution in [0.15, 0.2) is 30.3 Å². The highest BCUT2D eigenvalue weighted by molar-refractivity contribution is 6.69. The minimum Gasteiger partial charge on any atom is -0.461 e. The van der Waals surface area contributed by atoms with Gasteiger partial charge in [0.05, 0.1) is 12.0 Å². The lowest BCUT2D eigenvalue weighted by Crippen LogP contribution is -2.52. The lowest BCUT2D eigenvalue weighted by atomic mass is 9.83. The Morgan fingerprint density at radius 2 is 1.86 bits per heavy atom. The van der Waals surface area contributed by atoms with Crippen molar-refractivity contribution in [2.75, 3.05) is 0 Å². The lowest BCUT2D eigenvalue weighted by Gasteiger charge is -2.41. The predicted octanol–water partition coefficient (Wildman–Crippen LogP) is 4.04. The molecule has 4 atom stereocenters. The lowest BCUT2D eigenvalue weighted by molar-refractivity contribution is -0.193. The summed E-state index contributed by atoms with van der Waals surface area (Å²) in [5.41, 5.74) is 1.33. The first-order valence-electron chi connectivity index (χ1n) is 8.20. The van der Waals surface area contributed by atoms with Crippen molar-refractivity contribution in [2.24, 2.45) is 11.8 Å². The van der Waals surface area contributed by atoms with Crippen LogP contribution in [-0.4, -0.2) is 26.5 Å². The highest BCUT2D eigenvalue weighted by atomic mass is 28.4. The van der Waals surface area contributed by atoms with Crippen molar-refractivity contribution in [1.29, 1.82) is 0 Å². The zero-order chi connectivity index (χ0) is 16.3. The Hall–Kier alpha value is -1.13. The maximum atomic E-state index is 11.4. The van der Waals surface area contributed by atoms with E-state index in [-0.39, 0.29) is 30.0 Å². The second-order valence-corrected chi connectivity index (χ2v) is 11.8. The number of benzene rings is 1. The van der Waals surface area contributed by atoms with Crippen LogP contribution in [0.2, 0.25) is 19.6 Å². The van der Waals surface area contributed by atoms with Crippen molar-refractivity contribution in [3.8, 4) is 0 Å². The molecule has 0 bridgehead atoms. The Kier molecular flexibility index (Phi) is 5.45. The number of cyclic esters (lactones) is 1. The van der Waals surface area contributed by atoms with Gasteiger partial charge in [-0.3, -0.25) is 4.79 Å². The van der Waals surface area contributed by atoms with Crippen molar-refractivity contribution in [2.45, 2.75) is 58.5 Å². The first kappa shape index (κ1) is 17.2. The van der Waals surface area contributed by atoms with Gasteiger partial charge in [-0.25, -0.2) is 0 Å². The topological polar surface area (TPSA) is 35.5 Å². The number of aryl methyl sites for hydroxylation is 1. The summed E-state index contributed by atoms with van der Waals surface area (Å²) in [6.07, 6.45) is 2.11. The number of hydrogen-bond acceptors (Lipinski definition) is 3. The molecule has 1 heterocycles. The quantitative estimate of drug-likeness (QED) is 0.562. The molecule has 0 aliphatic carbocycles. The maximum Gasteiger partial charge on any atom is 0.312 e. The smallest absolute Gasteiger partial charge is 0.312 e. The van der Waals surface area contributed by atoms with Gasteiger partial charge in [-0.2, -0.15) is 0 Å². The first-order chi connectivity index (χ1) is 10.3. The predicted molar refractivity (Wildman–Crippen MR) is 91.2 cm³/mol. The molecule has 1 aromatic rings. The molecular formula is C18H28O3Si. The van der Waals surface area contributed by atoms with Crippen LogP contribution in [0, 0.1) is 11.8 Å². The summed E-state index contributed by atoms with van der Waals surface area (Å²) in [6.45, 7) is 10.8. The number of esters is 1. The highest BCUT2D eigenvalue weighted by Gasteiger charge is 2.45. The molecule has 0 aromatic heterocycles. The van der Waals surface area contributed by atoms with E-state index in [0.717, 1.165) is 12.8 Å². The van der Waals surface area contributed by atoms with Gasteiger partial charge in [-0.05, 0) is 45.0 Å². The average Bonchev–Trinajstić information content (AvgIpc) is 2.48. The third kappa shape index (κ3) is 4.43. The minimum absolute atomic E-state index is 0.000500. The van der Waals surface area contributed by atoms with Crippen LogP contribution in [0.5, 0.6) is 0 Å². The van der Waals surface area contributed by atoms with Gasteiger partial charge in [0.1, 0.15) is 6.10 Å². The van der Waals surface area contributed by atoms with E-state index in [1.165, 1.54) is 5.56 Å².